The van der Waals surface area contributed by atoms with Crippen LogP contribution in [0.15, 0.2) is 24.7 Å². The average molecular weight is 216 g/mol. The van der Waals surface area contributed by atoms with E-state index in [0.29, 0.717) is 6.07 Å². The maximum Gasteiger partial charge on any atom is 0.419 e. The van der Waals surface area contributed by atoms with Gasteiger partial charge in [0, 0.05) is 11.6 Å². The molecule has 0 aliphatic carbocycles. The molecule has 0 aliphatic heterocycles. The fraction of sp³-hybridized carbons (Fsp3) is 0.111. The van der Waals surface area contributed by atoms with Crippen LogP contribution in [-0.2, 0) is 6.18 Å². The van der Waals surface area contributed by atoms with E-state index in [1.54, 1.807) is 0 Å². The van der Waals surface area contributed by atoms with Crippen molar-refractivity contribution in [2.75, 3.05) is 0 Å². The second-order valence-corrected chi connectivity index (χ2v) is 2.91. The summed E-state index contributed by atoms with van der Waals surface area (Å²) in [4.78, 5) is 7.21. The predicted molar refractivity (Wildman–Crippen MR) is 44.5 cm³/mol. The summed E-state index contributed by atoms with van der Waals surface area (Å²) in [7, 11) is 0. The standard InChI is InChI=1S/C9H4F4N2/c10-7-1-5-3-14-4-15-8(5)2-6(7)9(11,12)13/h1-4H. The van der Waals surface area contributed by atoms with Gasteiger partial charge in [0.05, 0.1) is 11.1 Å². The minimum atomic E-state index is -4.71. The molecular weight excluding hydrogens is 212 g/mol. The molecule has 15 heavy (non-hydrogen) atoms. The fourth-order valence-corrected chi connectivity index (χ4v) is 1.22. The van der Waals surface area contributed by atoms with Crippen LogP contribution in [0.4, 0.5) is 17.6 Å². The van der Waals surface area contributed by atoms with Crippen molar-refractivity contribution in [3.8, 4) is 0 Å². The molecule has 2 rings (SSSR count). The molecule has 0 unspecified atom stereocenters. The maximum absolute atomic E-state index is 13.0. The molecule has 1 aromatic carbocycles. The molecule has 0 saturated heterocycles. The lowest BCUT2D eigenvalue weighted by Crippen LogP contribution is -2.08. The van der Waals surface area contributed by atoms with Crippen LogP contribution in [0.5, 0.6) is 0 Å². The van der Waals surface area contributed by atoms with Gasteiger partial charge in [0.15, 0.2) is 0 Å². The van der Waals surface area contributed by atoms with Crippen LogP contribution in [0.1, 0.15) is 5.56 Å². The minimum absolute atomic E-state index is 0.0683. The molecule has 78 valence electrons. The Morgan fingerprint density at radius 3 is 2.53 bits per heavy atom. The highest BCUT2D eigenvalue weighted by Gasteiger charge is 2.34. The van der Waals surface area contributed by atoms with Crippen molar-refractivity contribution in [1.29, 1.82) is 0 Å². The summed E-state index contributed by atoms with van der Waals surface area (Å²) >= 11 is 0. The van der Waals surface area contributed by atoms with E-state index < -0.39 is 17.6 Å². The molecule has 0 saturated carbocycles. The first-order valence-corrected chi connectivity index (χ1v) is 3.95. The zero-order chi connectivity index (χ0) is 11.1. The molecule has 6 heteroatoms. The van der Waals surface area contributed by atoms with E-state index in [9.17, 15) is 17.6 Å². The molecule has 0 bridgehead atoms. The Balaban J connectivity index is 2.73. The highest BCUT2D eigenvalue weighted by Crippen LogP contribution is 2.32. The second-order valence-electron chi connectivity index (χ2n) is 2.91. The van der Waals surface area contributed by atoms with Crippen molar-refractivity contribution in [2.24, 2.45) is 0 Å². The molecule has 1 heterocycles. The SMILES string of the molecule is Fc1cc2cncnc2cc1C(F)(F)F. The summed E-state index contributed by atoms with van der Waals surface area (Å²) in [6.07, 6.45) is -2.34. The van der Waals surface area contributed by atoms with Crippen LogP contribution in [0, 0.1) is 5.82 Å². The van der Waals surface area contributed by atoms with Crippen molar-refractivity contribution in [1.82, 2.24) is 9.97 Å². The molecule has 0 aliphatic rings. The van der Waals surface area contributed by atoms with Crippen LogP contribution >= 0.6 is 0 Å². The average Bonchev–Trinajstić information content (AvgIpc) is 2.15. The summed E-state index contributed by atoms with van der Waals surface area (Å²) in [5.74, 6) is -1.31. The number of halogens is 4. The van der Waals surface area contributed by atoms with Gasteiger partial charge in [0.2, 0.25) is 0 Å². The Bertz CT molecular complexity index is 507. The predicted octanol–water partition coefficient (Wildman–Crippen LogP) is 2.79. The third kappa shape index (κ3) is 1.74. The molecule has 0 spiro atoms. The van der Waals surface area contributed by atoms with Crippen molar-refractivity contribution in [3.05, 3.63) is 36.0 Å². The number of hydrogen-bond acceptors (Lipinski definition) is 2. The van der Waals surface area contributed by atoms with Crippen LogP contribution in [0.25, 0.3) is 10.9 Å². The lowest BCUT2D eigenvalue weighted by atomic mass is 10.1. The summed E-state index contributed by atoms with van der Waals surface area (Å²) in [5, 5.41) is 0.239. The van der Waals surface area contributed by atoms with Crippen LogP contribution in [-0.4, -0.2) is 9.97 Å². The lowest BCUT2D eigenvalue weighted by molar-refractivity contribution is -0.139. The van der Waals surface area contributed by atoms with Crippen molar-refractivity contribution >= 4 is 10.9 Å². The van der Waals surface area contributed by atoms with E-state index in [4.69, 9.17) is 0 Å². The topological polar surface area (TPSA) is 25.8 Å². The highest BCUT2D eigenvalue weighted by atomic mass is 19.4. The van der Waals surface area contributed by atoms with Gasteiger partial charge < -0.3 is 0 Å². The number of hydrogen-bond donors (Lipinski definition) is 0. The molecule has 2 nitrogen and oxygen atoms in total. The van der Waals surface area contributed by atoms with E-state index in [0.717, 1.165) is 12.4 Å². The molecule has 0 N–H and O–H groups in total. The first-order chi connectivity index (χ1) is 6.98. The van der Waals surface area contributed by atoms with E-state index in [1.807, 2.05) is 0 Å². The van der Waals surface area contributed by atoms with Crippen LogP contribution in [0.3, 0.4) is 0 Å². The smallest absolute Gasteiger partial charge is 0.244 e. The van der Waals surface area contributed by atoms with Crippen LogP contribution in [0.2, 0.25) is 0 Å². The largest absolute Gasteiger partial charge is 0.419 e. The highest BCUT2D eigenvalue weighted by molar-refractivity contribution is 5.78. The Kier molecular flexibility index (Phi) is 2.06. The number of benzene rings is 1. The van der Waals surface area contributed by atoms with E-state index in [-0.39, 0.29) is 10.9 Å². The van der Waals surface area contributed by atoms with Gasteiger partial charge >= 0.3 is 6.18 Å². The summed E-state index contributed by atoms with van der Waals surface area (Å²) in [6.45, 7) is 0. The first kappa shape index (κ1) is 9.82. The number of aromatic nitrogens is 2. The zero-order valence-corrected chi connectivity index (χ0v) is 7.22. The van der Waals surface area contributed by atoms with Gasteiger partial charge in [-0.1, -0.05) is 0 Å². The van der Waals surface area contributed by atoms with Crippen LogP contribution < -0.4 is 0 Å². The normalized spacial score (nSPS) is 12.0. The second kappa shape index (κ2) is 3.15. The Morgan fingerprint density at radius 1 is 1.13 bits per heavy atom. The van der Waals surface area contributed by atoms with E-state index in [1.165, 1.54) is 6.20 Å². The maximum atomic E-state index is 13.0. The first-order valence-electron chi connectivity index (χ1n) is 3.95. The Morgan fingerprint density at radius 2 is 1.87 bits per heavy atom. The number of rotatable bonds is 0. The van der Waals surface area contributed by atoms with Gasteiger partial charge in [-0.15, -0.1) is 0 Å². The Hall–Kier alpha value is -1.72. The summed E-state index contributed by atoms with van der Waals surface area (Å²) in [5.41, 5.74) is -1.24. The third-order valence-corrected chi connectivity index (χ3v) is 1.90. The van der Waals surface area contributed by atoms with Gasteiger partial charge in [-0.3, -0.25) is 0 Å². The molecule has 0 amide bonds. The zero-order valence-electron chi connectivity index (χ0n) is 7.22. The quantitative estimate of drug-likeness (QED) is 0.633. The third-order valence-electron chi connectivity index (χ3n) is 1.90. The van der Waals surface area contributed by atoms with E-state index in [2.05, 4.69) is 9.97 Å². The molecule has 0 fully saturated rings. The summed E-state index contributed by atoms with van der Waals surface area (Å²) in [6, 6.07) is 1.45. The molecule has 0 radical (unpaired) electrons. The van der Waals surface area contributed by atoms with Gasteiger partial charge in [0.1, 0.15) is 12.1 Å². The monoisotopic (exact) mass is 216 g/mol. The molecule has 2 aromatic rings. The van der Waals surface area contributed by atoms with E-state index >= 15 is 0 Å². The lowest BCUT2D eigenvalue weighted by Gasteiger charge is -2.08. The van der Waals surface area contributed by atoms with Gasteiger partial charge in [-0.05, 0) is 12.1 Å². The Labute approximate surface area is 81.6 Å². The van der Waals surface area contributed by atoms with Crippen molar-refractivity contribution < 1.29 is 17.6 Å². The molecule has 1 aromatic heterocycles. The number of alkyl halides is 3. The van der Waals surface area contributed by atoms with Gasteiger partial charge in [0.25, 0.3) is 0 Å². The minimum Gasteiger partial charge on any atom is -0.244 e. The molecular formula is C9H4F4N2. The van der Waals surface area contributed by atoms with Gasteiger partial charge in [-0.25, -0.2) is 14.4 Å². The summed E-state index contributed by atoms with van der Waals surface area (Å²) < 4.78 is 49.9. The molecule has 0 atom stereocenters. The number of fused-ring (bicyclic) bond motifs is 1. The fourth-order valence-electron chi connectivity index (χ4n) is 1.22. The number of nitrogens with zero attached hydrogens (tertiary/aromatic N) is 2. The van der Waals surface area contributed by atoms with Crippen molar-refractivity contribution in [3.63, 3.8) is 0 Å². The van der Waals surface area contributed by atoms with Gasteiger partial charge in [-0.2, -0.15) is 13.2 Å². The van der Waals surface area contributed by atoms with Crippen molar-refractivity contribution in [2.45, 2.75) is 6.18 Å².